The number of carbonyl (C=O) groups excluding carboxylic acids is 1. The first-order chi connectivity index (χ1) is 7.77. The Labute approximate surface area is 95.2 Å². The molecule has 82 valence electrons. The molecule has 0 unspecified atom stereocenters. The van der Waals surface area contributed by atoms with Crippen LogP contribution in [0, 0.1) is 0 Å². The molecule has 2 aliphatic rings. The fraction of sp³-hybridized carbons (Fsp3) is 0.214. The molecule has 2 rings (SSSR count). The molecule has 2 aliphatic carbocycles. The third-order valence-corrected chi connectivity index (χ3v) is 2.76. The highest BCUT2D eigenvalue weighted by Crippen LogP contribution is 2.31. The molecule has 0 spiro atoms. The van der Waals surface area contributed by atoms with E-state index in [-0.39, 0.29) is 5.97 Å². The first kappa shape index (κ1) is 10.7. The molecule has 2 heteroatoms. The van der Waals surface area contributed by atoms with Gasteiger partial charge in [-0.2, -0.15) is 0 Å². The Morgan fingerprint density at radius 1 is 1.25 bits per heavy atom. The molecular formula is C14H14O2. The Hall–Kier alpha value is -1.83. The summed E-state index contributed by atoms with van der Waals surface area (Å²) in [6.07, 6.45) is 0.836. The van der Waals surface area contributed by atoms with Crippen molar-refractivity contribution in [2.45, 2.75) is 13.3 Å². The van der Waals surface area contributed by atoms with Gasteiger partial charge in [0, 0.05) is 0 Å². The lowest BCUT2D eigenvalue weighted by atomic mass is 10.1. The van der Waals surface area contributed by atoms with Crippen LogP contribution >= 0.6 is 0 Å². The maximum atomic E-state index is 11.7. The zero-order chi connectivity index (χ0) is 11.5. The number of ether oxygens (including phenoxy) is 1. The molecular weight excluding hydrogens is 200 g/mol. The Morgan fingerprint density at radius 2 is 2.00 bits per heavy atom. The first-order valence-corrected chi connectivity index (χ1v) is 5.37. The van der Waals surface area contributed by atoms with Crippen molar-refractivity contribution < 1.29 is 9.53 Å². The van der Waals surface area contributed by atoms with Crippen LogP contribution in [0.4, 0.5) is 0 Å². The van der Waals surface area contributed by atoms with Crippen LogP contribution in [-0.2, 0) is 11.2 Å². The van der Waals surface area contributed by atoms with Crippen LogP contribution in [0.3, 0.4) is 0 Å². The highest BCUT2D eigenvalue weighted by Gasteiger charge is 2.20. The maximum Gasteiger partial charge on any atom is 0.338 e. The number of esters is 1. The van der Waals surface area contributed by atoms with Gasteiger partial charge >= 0.3 is 5.97 Å². The summed E-state index contributed by atoms with van der Waals surface area (Å²) in [6.45, 7) is 2.04. The minimum atomic E-state index is -0.252. The van der Waals surface area contributed by atoms with Crippen LogP contribution in [0.2, 0.25) is 0 Å². The quantitative estimate of drug-likeness (QED) is 0.718. The molecule has 0 heterocycles. The first-order valence-electron chi connectivity index (χ1n) is 5.37. The van der Waals surface area contributed by atoms with Crippen LogP contribution in [0.15, 0.2) is 36.4 Å². The van der Waals surface area contributed by atoms with Crippen molar-refractivity contribution in [2.24, 2.45) is 0 Å². The van der Waals surface area contributed by atoms with Gasteiger partial charge in [-0.15, -0.1) is 0 Å². The van der Waals surface area contributed by atoms with Gasteiger partial charge < -0.3 is 4.74 Å². The van der Waals surface area contributed by atoms with E-state index in [1.54, 1.807) is 0 Å². The maximum absolute atomic E-state index is 11.7. The van der Waals surface area contributed by atoms with Crippen molar-refractivity contribution in [3.8, 4) is 11.1 Å². The van der Waals surface area contributed by atoms with Gasteiger partial charge in [-0.3, -0.25) is 0 Å². The van der Waals surface area contributed by atoms with Crippen molar-refractivity contribution >= 4 is 5.97 Å². The second-order valence-corrected chi connectivity index (χ2v) is 3.67. The number of fused-ring (bicyclic) bond motifs is 1. The van der Waals surface area contributed by atoms with Crippen molar-refractivity contribution in [3.63, 3.8) is 0 Å². The lowest BCUT2D eigenvalue weighted by Crippen LogP contribution is -2.03. The van der Waals surface area contributed by atoms with E-state index in [9.17, 15) is 4.79 Å². The molecule has 0 saturated carbocycles. The lowest BCUT2D eigenvalue weighted by Gasteiger charge is -2.01. The van der Waals surface area contributed by atoms with E-state index in [4.69, 9.17) is 4.74 Å². The highest BCUT2D eigenvalue weighted by molar-refractivity contribution is 6.00. The summed E-state index contributed by atoms with van der Waals surface area (Å²) < 4.78 is 4.84. The number of rotatable bonds is 2. The summed E-state index contributed by atoms with van der Waals surface area (Å²) in [5.41, 5.74) is 3.81. The average molecular weight is 214 g/mol. The molecule has 0 aliphatic heterocycles. The fourth-order valence-corrected chi connectivity index (χ4v) is 1.97. The van der Waals surface area contributed by atoms with Gasteiger partial charge in [-0.05, 0) is 23.1 Å². The summed E-state index contributed by atoms with van der Waals surface area (Å²) in [5, 5.41) is 0. The molecule has 2 nitrogen and oxygen atoms in total. The number of carbonyl (C=O) groups is 1. The Morgan fingerprint density at radius 3 is 2.69 bits per heavy atom. The molecule has 16 heavy (non-hydrogen) atoms. The van der Waals surface area contributed by atoms with E-state index in [1.165, 1.54) is 7.11 Å². The monoisotopic (exact) mass is 214 g/mol. The second kappa shape index (κ2) is 4.35. The number of aryl methyl sites for hydroxylation is 1. The van der Waals surface area contributed by atoms with Crippen molar-refractivity contribution in [1.82, 2.24) is 0 Å². The zero-order valence-electron chi connectivity index (χ0n) is 9.49. The molecule has 0 radical (unpaired) electrons. The minimum Gasteiger partial charge on any atom is -0.465 e. The summed E-state index contributed by atoms with van der Waals surface area (Å²) >= 11 is 0. The van der Waals surface area contributed by atoms with Gasteiger partial charge in [0.25, 0.3) is 0 Å². The smallest absolute Gasteiger partial charge is 0.338 e. The van der Waals surface area contributed by atoms with Crippen molar-refractivity contribution in [3.05, 3.63) is 47.5 Å². The van der Waals surface area contributed by atoms with Gasteiger partial charge in [0.15, 0.2) is 0 Å². The van der Waals surface area contributed by atoms with E-state index < -0.39 is 0 Å². The average Bonchev–Trinajstić information content (AvgIpc) is 2.50. The van der Waals surface area contributed by atoms with Gasteiger partial charge in [0.1, 0.15) is 0 Å². The molecule has 0 N–H and O–H groups in total. The normalized spacial score (nSPS) is 10.4. The predicted octanol–water partition coefficient (Wildman–Crippen LogP) is 3.14. The van der Waals surface area contributed by atoms with Crippen molar-refractivity contribution in [2.75, 3.05) is 7.11 Å². The Bertz CT molecular complexity index is 488. The third kappa shape index (κ3) is 1.67. The zero-order valence-corrected chi connectivity index (χ0v) is 9.49. The van der Waals surface area contributed by atoms with E-state index in [0.29, 0.717) is 5.56 Å². The molecule has 0 aromatic carbocycles. The van der Waals surface area contributed by atoms with Crippen LogP contribution in [0.1, 0.15) is 22.8 Å². The Kier molecular flexibility index (Phi) is 2.91. The summed E-state index contributed by atoms with van der Waals surface area (Å²) in [5.74, 6) is -0.252. The third-order valence-electron chi connectivity index (χ3n) is 2.76. The molecule has 0 bridgehead atoms. The van der Waals surface area contributed by atoms with E-state index in [2.05, 4.69) is 6.07 Å². The standard InChI is InChI=1S/C14H14O2/c1-3-10-9-11-7-5-4-6-8-12(11)13(10)14(15)16-2/h4-9H,3H2,1-2H3. The van der Waals surface area contributed by atoms with Gasteiger partial charge in [0.2, 0.25) is 0 Å². The van der Waals surface area contributed by atoms with Crippen LogP contribution in [0.5, 0.6) is 0 Å². The number of hydrogen-bond acceptors (Lipinski definition) is 2. The second-order valence-electron chi connectivity index (χ2n) is 3.67. The molecule has 0 aromatic rings. The largest absolute Gasteiger partial charge is 0.465 e. The van der Waals surface area contributed by atoms with Gasteiger partial charge in [-0.1, -0.05) is 43.3 Å². The van der Waals surface area contributed by atoms with E-state index in [0.717, 1.165) is 23.1 Å². The van der Waals surface area contributed by atoms with E-state index in [1.807, 2.05) is 37.3 Å². The molecule has 0 saturated heterocycles. The number of methoxy groups -OCH3 is 1. The van der Waals surface area contributed by atoms with Gasteiger partial charge in [0.05, 0.1) is 12.7 Å². The van der Waals surface area contributed by atoms with Gasteiger partial charge in [-0.25, -0.2) is 4.79 Å². The Balaban J connectivity index is 2.69. The molecule has 0 atom stereocenters. The van der Waals surface area contributed by atoms with Crippen molar-refractivity contribution in [1.29, 1.82) is 0 Å². The highest BCUT2D eigenvalue weighted by atomic mass is 16.5. The van der Waals surface area contributed by atoms with Crippen LogP contribution in [-0.4, -0.2) is 13.1 Å². The lowest BCUT2D eigenvalue weighted by molar-refractivity contribution is 0.0601. The summed E-state index contributed by atoms with van der Waals surface area (Å²) in [7, 11) is 1.42. The topological polar surface area (TPSA) is 26.3 Å². The van der Waals surface area contributed by atoms with E-state index >= 15 is 0 Å². The summed E-state index contributed by atoms with van der Waals surface area (Å²) in [4.78, 5) is 11.7. The minimum absolute atomic E-state index is 0.252. The summed E-state index contributed by atoms with van der Waals surface area (Å²) in [6, 6.07) is 11.9. The molecule has 0 fully saturated rings. The molecule has 0 aromatic heterocycles. The molecule has 0 amide bonds. The van der Waals surface area contributed by atoms with Crippen LogP contribution in [0.25, 0.3) is 11.1 Å². The fourth-order valence-electron chi connectivity index (χ4n) is 1.97. The predicted molar refractivity (Wildman–Crippen MR) is 63.8 cm³/mol. The number of hydrogen-bond donors (Lipinski definition) is 0. The van der Waals surface area contributed by atoms with Crippen LogP contribution < -0.4 is 0 Å². The SMILES string of the molecule is CCc1cc2cccccc-2c1C(=O)OC.